The molecule has 3 atom stereocenters. The van der Waals surface area contributed by atoms with Gasteiger partial charge in [0, 0.05) is 5.92 Å². The standard InChI is InChI=1S/C14H17NO3/c1-8-5-11(8)14(16)15-9(2)10-3-4-12-13(6-10)18-7-17-12/h3-4,6,8-9,11H,5,7H2,1-2H3,(H,15,16). The van der Waals surface area contributed by atoms with Crippen LogP contribution in [0.5, 0.6) is 11.5 Å². The van der Waals surface area contributed by atoms with Crippen molar-refractivity contribution >= 4 is 5.91 Å². The van der Waals surface area contributed by atoms with E-state index in [2.05, 4.69) is 12.2 Å². The maximum absolute atomic E-state index is 11.9. The van der Waals surface area contributed by atoms with Gasteiger partial charge < -0.3 is 14.8 Å². The number of amides is 1. The molecule has 0 bridgehead atoms. The van der Waals surface area contributed by atoms with E-state index < -0.39 is 0 Å². The van der Waals surface area contributed by atoms with Gasteiger partial charge >= 0.3 is 0 Å². The Labute approximate surface area is 106 Å². The van der Waals surface area contributed by atoms with Crippen LogP contribution in [0.2, 0.25) is 0 Å². The summed E-state index contributed by atoms with van der Waals surface area (Å²) >= 11 is 0. The Hall–Kier alpha value is -1.71. The first-order valence-electron chi connectivity index (χ1n) is 6.35. The molecule has 4 heteroatoms. The fourth-order valence-electron chi connectivity index (χ4n) is 2.27. The van der Waals surface area contributed by atoms with Crippen molar-refractivity contribution in [3.05, 3.63) is 23.8 Å². The number of fused-ring (bicyclic) bond motifs is 1. The lowest BCUT2D eigenvalue weighted by Gasteiger charge is -2.14. The Morgan fingerprint density at radius 1 is 1.39 bits per heavy atom. The van der Waals surface area contributed by atoms with E-state index >= 15 is 0 Å². The number of benzene rings is 1. The minimum atomic E-state index is -0.000185. The first-order valence-corrected chi connectivity index (χ1v) is 6.35. The summed E-state index contributed by atoms with van der Waals surface area (Å²) in [5, 5.41) is 3.04. The van der Waals surface area contributed by atoms with Crippen molar-refractivity contribution in [2.45, 2.75) is 26.3 Å². The van der Waals surface area contributed by atoms with Crippen LogP contribution in [0.3, 0.4) is 0 Å². The van der Waals surface area contributed by atoms with Gasteiger partial charge in [0.05, 0.1) is 6.04 Å². The molecule has 1 heterocycles. The van der Waals surface area contributed by atoms with E-state index in [1.807, 2.05) is 25.1 Å². The molecule has 96 valence electrons. The minimum absolute atomic E-state index is 0.000185. The zero-order chi connectivity index (χ0) is 12.7. The summed E-state index contributed by atoms with van der Waals surface area (Å²) in [5.41, 5.74) is 1.04. The Balaban J connectivity index is 1.68. The number of carbonyl (C=O) groups is 1. The third kappa shape index (κ3) is 2.03. The summed E-state index contributed by atoms with van der Waals surface area (Å²) in [6.07, 6.45) is 1.01. The molecule has 1 aromatic rings. The number of nitrogens with one attached hydrogen (secondary N) is 1. The van der Waals surface area contributed by atoms with Crippen molar-refractivity contribution in [1.29, 1.82) is 0 Å². The molecule has 0 spiro atoms. The third-order valence-corrected chi connectivity index (χ3v) is 3.70. The number of hydrogen-bond acceptors (Lipinski definition) is 3. The lowest BCUT2D eigenvalue weighted by atomic mass is 10.1. The maximum Gasteiger partial charge on any atom is 0.231 e. The number of rotatable bonds is 3. The van der Waals surface area contributed by atoms with Gasteiger partial charge in [-0.1, -0.05) is 13.0 Å². The van der Waals surface area contributed by atoms with Crippen LogP contribution in [-0.4, -0.2) is 12.7 Å². The van der Waals surface area contributed by atoms with Crippen LogP contribution < -0.4 is 14.8 Å². The number of ether oxygens (including phenoxy) is 2. The predicted molar refractivity (Wildman–Crippen MR) is 66.4 cm³/mol. The molecular formula is C14H17NO3. The van der Waals surface area contributed by atoms with Gasteiger partial charge in [-0.3, -0.25) is 4.79 Å². The molecule has 0 aromatic heterocycles. The molecule has 0 radical (unpaired) electrons. The summed E-state index contributed by atoms with van der Waals surface area (Å²) in [7, 11) is 0. The topological polar surface area (TPSA) is 47.6 Å². The SMILES string of the molecule is CC(NC(=O)C1CC1C)c1ccc2c(c1)OCO2. The van der Waals surface area contributed by atoms with Gasteiger partial charge in [-0.25, -0.2) is 0 Å². The van der Waals surface area contributed by atoms with Crippen molar-refractivity contribution in [2.75, 3.05) is 6.79 Å². The van der Waals surface area contributed by atoms with Crippen molar-refractivity contribution in [1.82, 2.24) is 5.32 Å². The fourth-order valence-corrected chi connectivity index (χ4v) is 2.27. The molecule has 1 aliphatic carbocycles. The molecule has 1 aliphatic heterocycles. The van der Waals surface area contributed by atoms with Gasteiger partial charge in [0.1, 0.15) is 0 Å². The molecule has 1 N–H and O–H groups in total. The molecule has 0 saturated heterocycles. The Morgan fingerprint density at radius 3 is 2.83 bits per heavy atom. The Kier molecular flexibility index (Phi) is 2.65. The minimum Gasteiger partial charge on any atom is -0.454 e. The van der Waals surface area contributed by atoms with Gasteiger partial charge in [-0.2, -0.15) is 0 Å². The van der Waals surface area contributed by atoms with E-state index in [-0.39, 0.29) is 24.7 Å². The Morgan fingerprint density at radius 2 is 2.11 bits per heavy atom. The van der Waals surface area contributed by atoms with E-state index in [9.17, 15) is 4.79 Å². The molecule has 2 aliphatic rings. The highest BCUT2D eigenvalue weighted by Gasteiger charge is 2.39. The summed E-state index contributed by atoms with van der Waals surface area (Å²) in [5.74, 6) is 2.43. The molecule has 1 saturated carbocycles. The van der Waals surface area contributed by atoms with Gasteiger partial charge in [0.2, 0.25) is 12.7 Å². The van der Waals surface area contributed by atoms with Crippen LogP contribution in [0, 0.1) is 11.8 Å². The van der Waals surface area contributed by atoms with Crippen LogP contribution in [0.1, 0.15) is 31.9 Å². The smallest absolute Gasteiger partial charge is 0.231 e. The van der Waals surface area contributed by atoms with Crippen molar-refractivity contribution in [3.63, 3.8) is 0 Å². The molecule has 1 fully saturated rings. The molecule has 3 unspecified atom stereocenters. The van der Waals surface area contributed by atoms with Crippen LogP contribution in [0.15, 0.2) is 18.2 Å². The van der Waals surface area contributed by atoms with Crippen LogP contribution in [0.25, 0.3) is 0 Å². The molecule has 3 rings (SSSR count). The molecule has 1 aromatic carbocycles. The molecular weight excluding hydrogens is 230 g/mol. The summed E-state index contributed by atoms with van der Waals surface area (Å²) in [6.45, 7) is 4.37. The largest absolute Gasteiger partial charge is 0.454 e. The van der Waals surface area contributed by atoms with Crippen LogP contribution >= 0.6 is 0 Å². The number of hydrogen-bond donors (Lipinski definition) is 1. The second kappa shape index (κ2) is 4.19. The lowest BCUT2D eigenvalue weighted by Crippen LogP contribution is -2.28. The highest BCUT2D eigenvalue weighted by atomic mass is 16.7. The zero-order valence-corrected chi connectivity index (χ0v) is 10.6. The van der Waals surface area contributed by atoms with Crippen molar-refractivity contribution in [3.8, 4) is 11.5 Å². The fraction of sp³-hybridized carbons (Fsp3) is 0.500. The second-order valence-corrected chi connectivity index (χ2v) is 5.16. The average molecular weight is 247 g/mol. The van der Waals surface area contributed by atoms with E-state index in [0.717, 1.165) is 23.5 Å². The van der Waals surface area contributed by atoms with Crippen LogP contribution in [0.4, 0.5) is 0 Å². The molecule has 18 heavy (non-hydrogen) atoms. The second-order valence-electron chi connectivity index (χ2n) is 5.16. The third-order valence-electron chi connectivity index (χ3n) is 3.70. The Bertz CT molecular complexity index is 486. The lowest BCUT2D eigenvalue weighted by molar-refractivity contribution is -0.123. The van der Waals surface area contributed by atoms with Gasteiger partial charge in [-0.05, 0) is 37.0 Å². The average Bonchev–Trinajstić information content (AvgIpc) is 2.91. The monoisotopic (exact) mass is 247 g/mol. The highest BCUT2D eigenvalue weighted by Crippen LogP contribution is 2.38. The predicted octanol–water partition coefficient (Wildman–Crippen LogP) is 2.25. The summed E-state index contributed by atoms with van der Waals surface area (Å²) in [4.78, 5) is 11.9. The molecule has 4 nitrogen and oxygen atoms in total. The van der Waals surface area contributed by atoms with Gasteiger partial charge in [0.25, 0.3) is 0 Å². The highest BCUT2D eigenvalue weighted by molar-refractivity contribution is 5.81. The quantitative estimate of drug-likeness (QED) is 0.891. The number of carbonyl (C=O) groups excluding carboxylic acids is 1. The van der Waals surface area contributed by atoms with E-state index in [1.54, 1.807) is 0 Å². The summed E-state index contributed by atoms with van der Waals surface area (Å²) < 4.78 is 10.6. The molecule has 1 amide bonds. The van der Waals surface area contributed by atoms with Crippen molar-refractivity contribution < 1.29 is 14.3 Å². The normalized spacial score (nSPS) is 25.7. The van der Waals surface area contributed by atoms with Gasteiger partial charge in [-0.15, -0.1) is 0 Å². The van der Waals surface area contributed by atoms with E-state index in [1.165, 1.54) is 0 Å². The van der Waals surface area contributed by atoms with Gasteiger partial charge in [0.15, 0.2) is 11.5 Å². The van der Waals surface area contributed by atoms with E-state index in [4.69, 9.17) is 9.47 Å². The van der Waals surface area contributed by atoms with Crippen LogP contribution in [-0.2, 0) is 4.79 Å². The maximum atomic E-state index is 11.9. The van der Waals surface area contributed by atoms with Crippen molar-refractivity contribution in [2.24, 2.45) is 11.8 Å². The van der Waals surface area contributed by atoms with E-state index in [0.29, 0.717) is 5.92 Å². The first-order chi connectivity index (χ1) is 8.65. The first kappa shape index (κ1) is 11.4. The zero-order valence-electron chi connectivity index (χ0n) is 10.6. The summed E-state index contributed by atoms with van der Waals surface area (Å²) in [6, 6.07) is 5.79.